The van der Waals surface area contributed by atoms with Gasteiger partial charge in [-0.05, 0) is 25.4 Å². The van der Waals surface area contributed by atoms with Gasteiger partial charge in [0.25, 0.3) is 0 Å². The Balaban J connectivity index is 1.92. The zero-order valence-corrected chi connectivity index (χ0v) is 7.38. The van der Waals surface area contributed by atoms with E-state index in [9.17, 15) is 9.59 Å². The van der Waals surface area contributed by atoms with Crippen LogP contribution in [-0.2, 0) is 4.79 Å². The van der Waals surface area contributed by atoms with Crippen LogP contribution in [0.2, 0.25) is 0 Å². The zero-order chi connectivity index (χ0) is 9.26. The maximum absolute atomic E-state index is 11.2. The monoisotopic (exact) mass is 183 g/mol. The van der Waals surface area contributed by atoms with E-state index in [1.807, 2.05) is 0 Å². The standard InChI is InChI=1S/C8H13N3O2/c12-7-4-10-8(13)11(7)5-6-1-2-9-3-6/h6,9H,1-5H2,(H,10,13)/t6-/m1/s1. The van der Waals surface area contributed by atoms with Crippen molar-refractivity contribution in [1.82, 2.24) is 15.5 Å². The third-order valence-electron chi connectivity index (χ3n) is 2.54. The Morgan fingerprint density at radius 2 is 2.31 bits per heavy atom. The predicted octanol–water partition coefficient (Wildman–Crippen LogP) is -0.852. The van der Waals surface area contributed by atoms with Crippen molar-refractivity contribution >= 4 is 11.9 Å². The topological polar surface area (TPSA) is 61.4 Å². The lowest BCUT2D eigenvalue weighted by molar-refractivity contribution is -0.125. The lowest BCUT2D eigenvalue weighted by Gasteiger charge is -2.16. The number of urea groups is 1. The summed E-state index contributed by atoms with van der Waals surface area (Å²) in [5.41, 5.74) is 0. The molecule has 2 fully saturated rings. The summed E-state index contributed by atoms with van der Waals surface area (Å²) >= 11 is 0. The van der Waals surface area contributed by atoms with Crippen LogP contribution in [0.4, 0.5) is 4.79 Å². The summed E-state index contributed by atoms with van der Waals surface area (Å²) in [4.78, 5) is 23.7. The van der Waals surface area contributed by atoms with Gasteiger partial charge in [-0.3, -0.25) is 9.69 Å². The normalized spacial score (nSPS) is 28.3. The molecule has 0 spiro atoms. The van der Waals surface area contributed by atoms with E-state index >= 15 is 0 Å². The van der Waals surface area contributed by atoms with E-state index in [0.717, 1.165) is 19.5 Å². The number of imide groups is 1. The first-order valence-electron chi connectivity index (χ1n) is 4.56. The Hall–Kier alpha value is -1.10. The SMILES string of the molecule is O=C1CNC(=O)N1C[C@@H]1CCNC1. The van der Waals surface area contributed by atoms with E-state index in [1.165, 1.54) is 4.90 Å². The highest BCUT2D eigenvalue weighted by atomic mass is 16.2. The lowest BCUT2D eigenvalue weighted by atomic mass is 10.1. The van der Waals surface area contributed by atoms with Crippen LogP contribution < -0.4 is 10.6 Å². The van der Waals surface area contributed by atoms with Crippen LogP contribution in [0.25, 0.3) is 0 Å². The van der Waals surface area contributed by atoms with Gasteiger partial charge >= 0.3 is 6.03 Å². The minimum atomic E-state index is -0.239. The van der Waals surface area contributed by atoms with E-state index in [4.69, 9.17) is 0 Å². The summed E-state index contributed by atoms with van der Waals surface area (Å²) in [6, 6.07) is -0.239. The molecule has 3 amide bonds. The molecule has 0 aromatic rings. The summed E-state index contributed by atoms with van der Waals surface area (Å²) < 4.78 is 0. The van der Waals surface area contributed by atoms with Gasteiger partial charge in [-0.1, -0.05) is 0 Å². The molecule has 0 aromatic carbocycles. The Morgan fingerprint density at radius 1 is 1.46 bits per heavy atom. The average molecular weight is 183 g/mol. The second-order valence-corrected chi connectivity index (χ2v) is 3.52. The molecule has 13 heavy (non-hydrogen) atoms. The van der Waals surface area contributed by atoms with Crippen molar-refractivity contribution in [3.63, 3.8) is 0 Å². The molecule has 2 N–H and O–H groups in total. The van der Waals surface area contributed by atoms with Crippen molar-refractivity contribution in [3.05, 3.63) is 0 Å². The maximum atomic E-state index is 11.2. The van der Waals surface area contributed by atoms with Crippen LogP contribution in [0.5, 0.6) is 0 Å². The van der Waals surface area contributed by atoms with Gasteiger partial charge in [-0.25, -0.2) is 4.79 Å². The van der Waals surface area contributed by atoms with E-state index < -0.39 is 0 Å². The molecule has 2 saturated heterocycles. The smallest absolute Gasteiger partial charge is 0.324 e. The fourth-order valence-electron chi connectivity index (χ4n) is 1.77. The fourth-order valence-corrected chi connectivity index (χ4v) is 1.77. The Labute approximate surface area is 76.5 Å². The maximum Gasteiger partial charge on any atom is 0.324 e. The third kappa shape index (κ3) is 1.65. The largest absolute Gasteiger partial charge is 0.329 e. The number of rotatable bonds is 2. The Kier molecular flexibility index (Phi) is 2.18. The molecule has 2 rings (SSSR count). The second-order valence-electron chi connectivity index (χ2n) is 3.52. The molecule has 0 aliphatic carbocycles. The number of carbonyl (C=O) groups excluding carboxylic acids is 2. The minimum absolute atomic E-state index is 0.100. The molecule has 5 nitrogen and oxygen atoms in total. The van der Waals surface area contributed by atoms with Gasteiger partial charge in [0.2, 0.25) is 5.91 Å². The van der Waals surface area contributed by atoms with Crippen molar-refractivity contribution < 1.29 is 9.59 Å². The molecule has 0 radical (unpaired) electrons. The number of nitrogens with one attached hydrogen (secondary N) is 2. The first-order chi connectivity index (χ1) is 6.27. The van der Waals surface area contributed by atoms with E-state index in [1.54, 1.807) is 0 Å². The van der Waals surface area contributed by atoms with E-state index in [0.29, 0.717) is 12.5 Å². The van der Waals surface area contributed by atoms with Gasteiger partial charge in [-0.2, -0.15) is 0 Å². The fraction of sp³-hybridized carbons (Fsp3) is 0.750. The number of carbonyl (C=O) groups is 2. The van der Waals surface area contributed by atoms with Gasteiger partial charge in [0.15, 0.2) is 0 Å². The molecule has 2 aliphatic heterocycles. The van der Waals surface area contributed by atoms with Crippen molar-refractivity contribution in [2.45, 2.75) is 6.42 Å². The zero-order valence-electron chi connectivity index (χ0n) is 7.38. The van der Waals surface area contributed by atoms with E-state index in [2.05, 4.69) is 10.6 Å². The summed E-state index contributed by atoms with van der Waals surface area (Å²) in [6.07, 6.45) is 1.05. The molecule has 0 bridgehead atoms. The van der Waals surface area contributed by atoms with Gasteiger partial charge in [0.1, 0.15) is 0 Å². The highest BCUT2D eigenvalue weighted by molar-refractivity contribution is 6.01. The first-order valence-corrected chi connectivity index (χ1v) is 4.56. The summed E-state index contributed by atoms with van der Waals surface area (Å²) in [5.74, 6) is 0.338. The molecular formula is C8H13N3O2. The van der Waals surface area contributed by atoms with Gasteiger partial charge in [-0.15, -0.1) is 0 Å². The molecule has 72 valence electrons. The lowest BCUT2D eigenvalue weighted by Crippen LogP contribution is -2.36. The van der Waals surface area contributed by atoms with Crippen molar-refractivity contribution in [2.24, 2.45) is 5.92 Å². The van der Waals surface area contributed by atoms with Crippen LogP contribution in [0.1, 0.15) is 6.42 Å². The average Bonchev–Trinajstić information content (AvgIpc) is 2.70. The molecule has 0 saturated carbocycles. The van der Waals surface area contributed by atoms with Crippen molar-refractivity contribution in [2.75, 3.05) is 26.2 Å². The summed E-state index contributed by atoms with van der Waals surface area (Å²) in [7, 11) is 0. The number of hydrogen-bond donors (Lipinski definition) is 2. The number of nitrogens with zero attached hydrogens (tertiary/aromatic N) is 1. The quantitative estimate of drug-likeness (QED) is 0.548. The van der Waals surface area contributed by atoms with Crippen LogP contribution >= 0.6 is 0 Å². The molecule has 5 heteroatoms. The highest BCUT2D eigenvalue weighted by Gasteiger charge is 2.31. The first kappa shape index (κ1) is 8.50. The van der Waals surface area contributed by atoms with Crippen LogP contribution in [0.3, 0.4) is 0 Å². The Morgan fingerprint density at radius 3 is 2.85 bits per heavy atom. The number of hydrogen-bond acceptors (Lipinski definition) is 3. The molecule has 0 aromatic heterocycles. The molecule has 0 unspecified atom stereocenters. The molecular weight excluding hydrogens is 170 g/mol. The van der Waals surface area contributed by atoms with Crippen LogP contribution in [0.15, 0.2) is 0 Å². The minimum Gasteiger partial charge on any atom is -0.329 e. The predicted molar refractivity (Wildman–Crippen MR) is 46.1 cm³/mol. The second kappa shape index (κ2) is 3.33. The highest BCUT2D eigenvalue weighted by Crippen LogP contribution is 2.11. The Bertz CT molecular complexity index is 220. The summed E-state index contributed by atoms with van der Waals surface area (Å²) in [5, 5.41) is 5.72. The molecule has 1 atom stereocenters. The summed E-state index contributed by atoms with van der Waals surface area (Å²) in [6.45, 7) is 2.64. The number of amides is 3. The van der Waals surface area contributed by atoms with Crippen LogP contribution in [-0.4, -0.2) is 43.0 Å². The molecule has 2 heterocycles. The van der Waals surface area contributed by atoms with Gasteiger partial charge in [0.05, 0.1) is 6.54 Å². The van der Waals surface area contributed by atoms with Gasteiger partial charge < -0.3 is 10.6 Å². The van der Waals surface area contributed by atoms with E-state index in [-0.39, 0.29) is 18.5 Å². The molecule has 2 aliphatic rings. The third-order valence-corrected chi connectivity index (χ3v) is 2.54. The van der Waals surface area contributed by atoms with Crippen LogP contribution in [0, 0.1) is 5.92 Å². The van der Waals surface area contributed by atoms with Gasteiger partial charge in [0, 0.05) is 6.54 Å². The van der Waals surface area contributed by atoms with Crippen molar-refractivity contribution in [1.29, 1.82) is 0 Å². The van der Waals surface area contributed by atoms with Crippen molar-refractivity contribution in [3.8, 4) is 0 Å².